The number of piperidine rings is 1. The van der Waals surface area contributed by atoms with Gasteiger partial charge in [0.15, 0.2) is 5.82 Å². The summed E-state index contributed by atoms with van der Waals surface area (Å²) in [6.07, 6.45) is 2.49. The minimum Gasteiger partial charge on any atom is -0.364 e. The molecule has 2 aromatic rings. The molecule has 0 amide bonds. The third-order valence-corrected chi connectivity index (χ3v) is 5.80. The molecule has 0 aromatic carbocycles. The molecular weight excluding hydrogens is 298 g/mol. The van der Waals surface area contributed by atoms with Crippen LogP contribution in [0.25, 0.3) is 0 Å². The number of fused-ring (bicyclic) bond motifs is 1. The zero-order valence-electron chi connectivity index (χ0n) is 13.0. The molecule has 5 nitrogen and oxygen atoms in total. The minimum absolute atomic E-state index is 0.0142. The highest BCUT2D eigenvalue weighted by Gasteiger charge is 2.41. The van der Waals surface area contributed by atoms with E-state index in [9.17, 15) is 0 Å². The number of rotatable bonds is 3. The van der Waals surface area contributed by atoms with Crippen LogP contribution in [0.15, 0.2) is 16.0 Å². The van der Waals surface area contributed by atoms with Crippen molar-refractivity contribution in [1.29, 1.82) is 0 Å². The van der Waals surface area contributed by atoms with E-state index in [1.54, 1.807) is 0 Å². The normalized spacial score (nSPS) is 28.9. The second-order valence-corrected chi connectivity index (χ2v) is 7.39. The fourth-order valence-corrected chi connectivity index (χ4v) is 4.46. The molecule has 0 bridgehead atoms. The summed E-state index contributed by atoms with van der Waals surface area (Å²) in [5.74, 6) is 1.95. The average Bonchev–Trinajstić information content (AvgIpc) is 3.19. The van der Waals surface area contributed by atoms with Gasteiger partial charge in [-0.05, 0) is 56.2 Å². The van der Waals surface area contributed by atoms with Gasteiger partial charge in [-0.1, -0.05) is 5.16 Å². The van der Waals surface area contributed by atoms with Crippen molar-refractivity contribution in [1.82, 2.24) is 15.0 Å². The maximum absolute atomic E-state index is 6.21. The Balaban J connectivity index is 1.40. The van der Waals surface area contributed by atoms with Gasteiger partial charge >= 0.3 is 0 Å². The summed E-state index contributed by atoms with van der Waals surface area (Å²) in [7, 11) is 0. The molecule has 2 aliphatic heterocycles. The number of thiophene rings is 1. The number of nitrogens with zero attached hydrogens (tertiary/aromatic N) is 3. The maximum Gasteiger partial charge on any atom is 0.255 e. The van der Waals surface area contributed by atoms with Crippen LogP contribution in [0.5, 0.6) is 0 Å². The van der Waals surface area contributed by atoms with Gasteiger partial charge in [-0.2, -0.15) is 4.98 Å². The summed E-state index contributed by atoms with van der Waals surface area (Å²) in [5.41, 5.74) is 1.40. The molecule has 22 heavy (non-hydrogen) atoms. The second-order valence-electron chi connectivity index (χ2n) is 6.39. The first kappa shape index (κ1) is 14.4. The molecule has 2 aromatic heterocycles. The molecule has 0 N–H and O–H groups in total. The number of aromatic nitrogens is 2. The predicted octanol–water partition coefficient (Wildman–Crippen LogP) is 3.10. The van der Waals surface area contributed by atoms with Crippen LogP contribution in [0.3, 0.4) is 0 Å². The Morgan fingerprint density at radius 3 is 3.05 bits per heavy atom. The van der Waals surface area contributed by atoms with Gasteiger partial charge in [0, 0.05) is 18.0 Å². The first-order valence-electron chi connectivity index (χ1n) is 7.90. The number of hydrogen-bond donors (Lipinski definition) is 0. The highest BCUT2D eigenvalue weighted by Crippen LogP contribution is 2.40. The molecule has 2 aliphatic rings. The number of hydrogen-bond acceptors (Lipinski definition) is 6. The van der Waals surface area contributed by atoms with Crippen LogP contribution >= 0.6 is 11.3 Å². The Hall–Kier alpha value is -1.24. The van der Waals surface area contributed by atoms with E-state index in [0.717, 1.165) is 26.1 Å². The number of ether oxygens (including phenoxy) is 1. The van der Waals surface area contributed by atoms with Gasteiger partial charge in [-0.25, -0.2) is 0 Å². The van der Waals surface area contributed by atoms with Crippen molar-refractivity contribution >= 4 is 11.3 Å². The van der Waals surface area contributed by atoms with Gasteiger partial charge in [0.2, 0.25) is 0 Å². The highest BCUT2D eigenvalue weighted by atomic mass is 32.1. The lowest BCUT2D eigenvalue weighted by Crippen LogP contribution is -2.41. The summed E-state index contributed by atoms with van der Waals surface area (Å²) in [6.45, 7) is 7.24. The van der Waals surface area contributed by atoms with Crippen molar-refractivity contribution in [2.75, 3.05) is 13.1 Å². The van der Waals surface area contributed by atoms with E-state index in [0.29, 0.717) is 23.7 Å². The summed E-state index contributed by atoms with van der Waals surface area (Å²) < 4.78 is 11.5. The Morgan fingerprint density at radius 2 is 2.32 bits per heavy atom. The smallest absolute Gasteiger partial charge is 0.255 e. The third-order valence-electron chi connectivity index (χ3n) is 4.79. The molecule has 2 fully saturated rings. The highest BCUT2D eigenvalue weighted by molar-refractivity contribution is 7.10. The molecule has 3 atom stereocenters. The van der Waals surface area contributed by atoms with E-state index in [1.807, 2.05) is 18.3 Å². The molecule has 0 aliphatic carbocycles. The molecule has 2 saturated heterocycles. The largest absolute Gasteiger partial charge is 0.364 e. The van der Waals surface area contributed by atoms with Crippen LogP contribution in [0, 0.1) is 19.8 Å². The molecule has 4 heterocycles. The van der Waals surface area contributed by atoms with E-state index in [-0.39, 0.29) is 6.10 Å². The quantitative estimate of drug-likeness (QED) is 0.870. The fourth-order valence-electron chi connectivity index (χ4n) is 3.51. The van der Waals surface area contributed by atoms with Crippen LogP contribution in [-0.2, 0) is 11.3 Å². The predicted molar refractivity (Wildman–Crippen MR) is 83.7 cm³/mol. The number of likely N-dealkylation sites (tertiary alicyclic amines) is 1. The van der Waals surface area contributed by atoms with E-state index < -0.39 is 0 Å². The van der Waals surface area contributed by atoms with Gasteiger partial charge in [0.05, 0.1) is 6.10 Å². The van der Waals surface area contributed by atoms with Crippen molar-refractivity contribution in [3.8, 4) is 0 Å². The van der Waals surface area contributed by atoms with E-state index in [4.69, 9.17) is 9.26 Å². The minimum atomic E-state index is -0.0142. The molecule has 0 spiro atoms. The fraction of sp³-hybridized carbons (Fsp3) is 0.625. The molecule has 0 unspecified atom stereocenters. The average molecular weight is 319 g/mol. The van der Waals surface area contributed by atoms with E-state index >= 15 is 0 Å². The van der Waals surface area contributed by atoms with Gasteiger partial charge in [0.1, 0.15) is 6.10 Å². The third kappa shape index (κ3) is 2.71. The second kappa shape index (κ2) is 5.76. The first-order chi connectivity index (χ1) is 10.7. The van der Waals surface area contributed by atoms with Gasteiger partial charge in [-0.3, -0.25) is 4.90 Å². The van der Waals surface area contributed by atoms with Gasteiger partial charge < -0.3 is 9.26 Å². The van der Waals surface area contributed by atoms with Crippen LogP contribution in [0.1, 0.15) is 41.1 Å². The van der Waals surface area contributed by atoms with Crippen molar-refractivity contribution in [3.63, 3.8) is 0 Å². The Labute approximate surface area is 134 Å². The maximum atomic E-state index is 6.21. The van der Waals surface area contributed by atoms with Gasteiger partial charge in [-0.15, -0.1) is 11.3 Å². The zero-order chi connectivity index (χ0) is 15.1. The molecule has 118 valence electrons. The van der Waals surface area contributed by atoms with Crippen LogP contribution in [-0.4, -0.2) is 34.2 Å². The monoisotopic (exact) mass is 319 g/mol. The molecule has 0 saturated carbocycles. The Morgan fingerprint density at radius 1 is 1.41 bits per heavy atom. The Bertz CT molecular complexity index is 653. The first-order valence-corrected chi connectivity index (χ1v) is 8.78. The summed E-state index contributed by atoms with van der Waals surface area (Å²) >= 11 is 1.85. The topological polar surface area (TPSA) is 51.4 Å². The molecule has 6 heteroatoms. The van der Waals surface area contributed by atoms with Crippen LogP contribution < -0.4 is 0 Å². The van der Waals surface area contributed by atoms with Crippen LogP contribution in [0.2, 0.25) is 0 Å². The van der Waals surface area contributed by atoms with Gasteiger partial charge in [0.25, 0.3) is 5.89 Å². The van der Waals surface area contributed by atoms with Crippen LogP contribution in [0.4, 0.5) is 0 Å². The lowest BCUT2D eigenvalue weighted by Gasteiger charge is -2.33. The lowest BCUT2D eigenvalue weighted by molar-refractivity contribution is -0.0188. The Kier molecular flexibility index (Phi) is 3.76. The standard InChI is InChI=1S/C16H21N3O2S/c1-10-4-6-22-15(10)9-19-5-3-12-7-13(20-14(12)8-19)16-17-11(2)18-21-16/h4,6,12-14H,3,5,7-9H2,1-2H3/t12-,13+,14+/m1/s1. The van der Waals surface area contributed by atoms with E-state index in [2.05, 4.69) is 33.4 Å². The van der Waals surface area contributed by atoms with E-state index in [1.165, 1.54) is 16.9 Å². The summed E-state index contributed by atoms with van der Waals surface area (Å²) in [4.78, 5) is 8.32. The lowest BCUT2D eigenvalue weighted by atomic mass is 9.91. The van der Waals surface area contributed by atoms with Crippen molar-refractivity contribution in [2.45, 2.75) is 45.4 Å². The van der Waals surface area contributed by atoms with Crippen molar-refractivity contribution in [3.05, 3.63) is 33.6 Å². The molecular formula is C16H21N3O2S. The summed E-state index contributed by atoms with van der Waals surface area (Å²) in [6, 6.07) is 2.20. The summed E-state index contributed by atoms with van der Waals surface area (Å²) in [5, 5.41) is 6.06. The zero-order valence-corrected chi connectivity index (χ0v) is 13.8. The SMILES string of the molecule is Cc1noc([C@@H]2C[C@H]3CCN(Cc4sccc4C)C[C@@H]3O2)n1. The number of aryl methyl sites for hydroxylation is 2. The van der Waals surface area contributed by atoms with Crippen molar-refractivity contribution < 1.29 is 9.26 Å². The molecule has 4 rings (SSSR count). The molecule has 0 radical (unpaired) electrons. The van der Waals surface area contributed by atoms with Crippen molar-refractivity contribution in [2.24, 2.45) is 5.92 Å².